The first-order chi connectivity index (χ1) is 8.09. The van der Waals surface area contributed by atoms with Crippen molar-refractivity contribution in [1.29, 1.82) is 0 Å². The van der Waals surface area contributed by atoms with E-state index in [1.165, 1.54) is 0 Å². The summed E-state index contributed by atoms with van der Waals surface area (Å²) in [5.74, 6) is -0.753. The van der Waals surface area contributed by atoms with Crippen LogP contribution in [0.2, 0.25) is 0 Å². The van der Waals surface area contributed by atoms with Crippen molar-refractivity contribution < 1.29 is 14.6 Å². The van der Waals surface area contributed by atoms with Gasteiger partial charge >= 0.3 is 5.97 Å². The molecule has 5 nitrogen and oxygen atoms in total. The lowest BCUT2D eigenvalue weighted by Crippen LogP contribution is -2.57. The van der Waals surface area contributed by atoms with Gasteiger partial charge in [-0.2, -0.15) is 0 Å². The van der Waals surface area contributed by atoms with E-state index in [-0.39, 0.29) is 0 Å². The standard InChI is InChI=1S/C12H22N2O3/c1-9-7-10(3-4-13(9)2)14-5-6-17-8-11(14)12(15)16/h9-11H,3-8H2,1-2H3,(H,15,16). The predicted octanol–water partition coefficient (Wildman–Crippen LogP) is 0.255. The van der Waals surface area contributed by atoms with E-state index in [0.29, 0.717) is 25.3 Å². The van der Waals surface area contributed by atoms with Crippen LogP contribution in [-0.2, 0) is 9.53 Å². The number of aliphatic carboxylic acids is 1. The van der Waals surface area contributed by atoms with Gasteiger partial charge in [0.15, 0.2) is 0 Å². The summed E-state index contributed by atoms with van der Waals surface area (Å²) in [6.07, 6.45) is 2.12. The minimum atomic E-state index is -0.753. The van der Waals surface area contributed by atoms with Gasteiger partial charge in [-0.1, -0.05) is 0 Å². The van der Waals surface area contributed by atoms with Gasteiger partial charge in [-0.05, 0) is 33.4 Å². The highest BCUT2D eigenvalue weighted by atomic mass is 16.5. The van der Waals surface area contributed by atoms with Crippen LogP contribution in [0.1, 0.15) is 19.8 Å². The maximum absolute atomic E-state index is 11.2. The van der Waals surface area contributed by atoms with Crippen LogP contribution in [0.5, 0.6) is 0 Å². The Balaban J connectivity index is 2.01. The smallest absolute Gasteiger partial charge is 0.323 e. The molecule has 3 unspecified atom stereocenters. The fourth-order valence-electron chi connectivity index (χ4n) is 2.83. The number of carbonyl (C=O) groups is 1. The average Bonchev–Trinajstić information content (AvgIpc) is 2.32. The topological polar surface area (TPSA) is 53.0 Å². The zero-order valence-electron chi connectivity index (χ0n) is 10.6. The second kappa shape index (κ2) is 5.33. The van der Waals surface area contributed by atoms with E-state index < -0.39 is 12.0 Å². The zero-order valence-corrected chi connectivity index (χ0v) is 10.6. The van der Waals surface area contributed by atoms with Gasteiger partial charge in [-0.3, -0.25) is 9.69 Å². The van der Waals surface area contributed by atoms with Crippen LogP contribution in [0, 0.1) is 0 Å². The Bertz CT molecular complexity index is 285. The number of piperidine rings is 1. The lowest BCUT2D eigenvalue weighted by Gasteiger charge is -2.44. The summed E-state index contributed by atoms with van der Waals surface area (Å²) >= 11 is 0. The third kappa shape index (κ3) is 2.78. The molecule has 0 aromatic carbocycles. The van der Waals surface area contributed by atoms with E-state index in [4.69, 9.17) is 4.74 Å². The Morgan fingerprint density at radius 3 is 2.82 bits per heavy atom. The Kier molecular flexibility index (Phi) is 4.01. The zero-order chi connectivity index (χ0) is 12.4. The normalized spacial score (nSPS) is 36.9. The molecule has 0 radical (unpaired) electrons. The molecule has 3 atom stereocenters. The van der Waals surface area contributed by atoms with Gasteiger partial charge in [0.05, 0.1) is 13.2 Å². The lowest BCUT2D eigenvalue weighted by molar-refractivity contribution is -0.152. The second-order valence-electron chi connectivity index (χ2n) is 5.17. The Hall–Kier alpha value is -0.650. The van der Waals surface area contributed by atoms with Crippen molar-refractivity contribution in [2.24, 2.45) is 0 Å². The monoisotopic (exact) mass is 242 g/mol. The molecule has 1 N–H and O–H groups in total. The minimum Gasteiger partial charge on any atom is -0.480 e. The number of hydrogen-bond donors (Lipinski definition) is 1. The summed E-state index contributed by atoms with van der Waals surface area (Å²) < 4.78 is 5.28. The highest BCUT2D eigenvalue weighted by molar-refractivity contribution is 5.73. The summed E-state index contributed by atoms with van der Waals surface area (Å²) in [4.78, 5) is 15.7. The van der Waals surface area contributed by atoms with Crippen molar-refractivity contribution >= 4 is 5.97 Å². The number of hydrogen-bond acceptors (Lipinski definition) is 4. The number of carboxylic acids is 1. The van der Waals surface area contributed by atoms with Gasteiger partial charge in [0.1, 0.15) is 6.04 Å². The van der Waals surface area contributed by atoms with Crippen LogP contribution >= 0.6 is 0 Å². The molecule has 0 spiro atoms. The van der Waals surface area contributed by atoms with Gasteiger partial charge in [0, 0.05) is 18.6 Å². The van der Waals surface area contributed by atoms with Crippen molar-refractivity contribution in [3.63, 3.8) is 0 Å². The summed E-state index contributed by atoms with van der Waals surface area (Å²) in [7, 11) is 2.13. The largest absolute Gasteiger partial charge is 0.480 e. The van der Waals surface area contributed by atoms with Gasteiger partial charge in [0.25, 0.3) is 0 Å². The van der Waals surface area contributed by atoms with E-state index in [9.17, 15) is 9.90 Å². The molecule has 0 aliphatic carbocycles. The van der Waals surface area contributed by atoms with Crippen molar-refractivity contribution in [2.45, 2.75) is 37.9 Å². The molecule has 5 heteroatoms. The molecule has 0 amide bonds. The van der Waals surface area contributed by atoms with Gasteiger partial charge in [-0.15, -0.1) is 0 Å². The quantitative estimate of drug-likeness (QED) is 0.752. The lowest BCUT2D eigenvalue weighted by atomic mass is 9.95. The molecule has 2 heterocycles. The average molecular weight is 242 g/mol. The minimum absolute atomic E-state index is 0.329. The van der Waals surface area contributed by atoms with Crippen molar-refractivity contribution in [2.75, 3.05) is 33.4 Å². The number of morpholine rings is 1. The van der Waals surface area contributed by atoms with E-state index in [2.05, 4.69) is 23.8 Å². The van der Waals surface area contributed by atoms with E-state index in [0.717, 1.165) is 25.9 Å². The van der Waals surface area contributed by atoms with Crippen LogP contribution in [0.25, 0.3) is 0 Å². The molecular formula is C12H22N2O3. The van der Waals surface area contributed by atoms with Crippen molar-refractivity contribution in [1.82, 2.24) is 9.80 Å². The maximum Gasteiger partial charge on any atom is 0.323 e. The molecule has 2 fully saturated rings. The first-order valence-electron chi connectivity index (χ1n) is 6.36. The summed E-state index contributed by atoms with van der Waals surface area (Å²) in [6.45, 7) is 5.00. The Labute approximate surface area is 102 Å². The van der Waals surface area contributed by atoms with Crippen LogP contribution in [-0.4, -0.2) is 72.4 Å². The molecular weight excluding hydrogens is 220 g/mol. The molecule has 0 bridgehead atoms. The van der Waals surface area contributed by atoms with Gasteiger partial charge < -0.3 is 14.7 Å². The SMILES string of the molecule is CC1CC(N2CCOCC2C(=O)O)CCN1C. The van der Waals surface area contributed by atoms with Crippen LogP contribution < -0.4 is 0 Å². The van der Waals surface area contributed by atoms with Crippen molar-refractivity contribution in [3.05, 3.63) is 0 Å². The van der Waals surface area contributed by atoms with Crippen LogP contribution in [0.3, 0.4) is 0 Å². The molecule has 2 rings (SSSR count). The number of nitrogens with zero attached hydrogens (tertiary/aromatic N) is 2. The Morgan fingerprint density at radius 1 is 1.41 bits per heavy atom. The highest BCUT2D eigenvalue weighted by Crippen LogP contribution is 2.23. The van der Waals surface area contributed by atoms with Gasteiger partial charge in [0.2, 0.25) is 0 Å². The molecule has 0 saturated carbocycles. The highest BCUT2D eigenvalue weighted by Gasteiger charge is 2.36. The molecule has 17 heavy (non-hydrogen) atoms. The third-order valence-electron chi connectivity index (χ3n) is 4.10. The second-order valence-corrected chi connectivity index (χ2v) is 5.17. The summed E-state index contributed by atoms with van der Waals surface area (Å²) in [6, 6.07) is 0.474. The summed E-state index contributed by atoms with van der Waals surface area (Å²) in [5, 5.41) is 9.23. The fourth-order valence-corrected chi connectivity index (χ4v) is 2.83. The van der Waals surface area contributed by atoms with Gasteiger partial charge in [-0.25, -0.2) is 0 Å². The first kappa shape index (κ1) is 12.8. The van der Waals surface area contributed by atoms with Crippen LogP contribution in [0.15, 0.2) is 0 Å². The molecule has 0 aromatic rings. The van der Waals surface area contributed by atoms with E-state index >= 15 is 0 Å². The third-order valence-corrected chi connectivity index (χ3v) is 4.10. The number of rotatable bonds is 2. The molecule has 2 aliphatic heterocycles. The number of carboxylic acid groups (broad SMARTS) is 1. The maximum atomic E-state index is 11.2. The summed E-state index contributed by atoms with van der Waals surface area (Å²) in [5.41, 5.74) is 0. The molecule has 0 aromatic heterocycles. The number of ether oxygens (including phenoxy) is 1. The Morgan fingerprint density at radius 2 is 2.18 bits per heavy atom. The fraction of sp³-hybridized carbons (Fsp3) is 0.917. The van der Waals surface area contributed by atoms with Crippen LogP contribution in [0.4, 0.5) is 0 Å². The molecule has 2 saturated heterocycles. The predicted molar refractivity (Wildman–Crippen MR) is 64.1 cm³/mol. The van der Waals surface area contributed by atoms with Crippen molar-refractivity contribution in [3.8, 4) is 0 Å². The van der Waals surface area contributed by atoms with E-state index in [1.54, 1.807) is 0 Å². The first-order valence-corrected chi connectivity index (χ1v) is 6.36. The van der Waals surface area contributed by atoms with E-state index in [1.807, 2.05) is 0 Å². The molecule has 2 aliphatic rings. The molecule has 98 valence electrons. The number of likely N-dealkylation sites (tertiary alicyclic amines) is 1.